The molecule has 0 radical (unpaired) electrons. The number of anilines is 1. The Morgan fingerprint density at radius 3 is 2.27 bits per heavy atom. The number of nitrogens with zero attached hydrogens (tertiary/aromatic N) is 4. The molecule has 86 valence electrons. The molecule has 0 aliphatic rings. The van der Waals surface area contributed by atoms with E-state index < -0.39 is 0 Å². The van der Waals surface area contributed by atoms with Gasteiger partial charge < -0.3 is 10.6 Å². The Morgan fingerprint density at radius 2 is 1.87 bits per heavy atom. The van der Waals surface area contributed by atoms with Gasteiger partial charge in [0.15, 0.2) is 0 Å². The standard InChI is InChI=1S/C10H21N5/c1-7(2)15-9(6-8(3)11)12-13-10(15)14(4)5/h7-8H,6,11H2,1-5H3. The second kappa shape index (κ2) is 4.61. The van der Waals surface area contributed by atoms with Crippen LogP contribution in [0.3, 0.4) is 0 Å². The summed E-state index contributed by atoms with van der Waals surface area (Å²) < 4.78 is 2.13. The second-order valence-electron chi connectivity index (χ2n) is 4.46. The molecule has 0 aliphatic heterocycles. The van der Waals surface area contributed by atoms with Crippen LogP contribution in [0.1, 0.15) is 32.6 Å². The van der Waals surface area contributed by atoms with Gasteiger partial charge in [-0.05, 0) is 20.8 Å². The zero-order valence-electron chi connectivity index (χ0n) is 10.2. The molecule has 1 atom stereocenters. The molecule has 1 rings (SSSR count). The Bertz CT molecular complexity index is 314. The molecule has 0 bridgehead atoms. The van der Waals surface area contributed by atoms with E-state index in [2.05, 4.69) is 28.6 Å². The van der Waals surface area contributed by atoms with Gasteiger partial charge in [0.1, 0.15) is 5.82 Å². The van der Waals surface area contributed by atoms with Gasteiger partial charge in [-0.1, -0.05) is 0 Å². The molecule has 0 aromatic carbocycles. The van der Waals surface area contributed by atoms with E-state index in [-0.39, 0.29) is 6.04 Å². The summed E-state index contributed by atoms with van der Waals surface area (Å²) in [4.78, 5) is 1.97. The summed E-state index contributed by atoms with van der Waals surface area (Å²) in [5, 5.41) is 8.36. The second-order valence-corrected chi connectivity index (χ2v) is 4.46. The maximum absolute atomic E-state index is 5.78. The van der Waals surface area contributed by atoms with Gasteiger partial charge in [-0.15, -0.1) is 10.2 Å². The van der Waals surface area contributed by atoms with Crippen LogP contribution in [-0.2, 0) is 6.42 Å². The van der Waals surface area contributed by atoms with Crippen molar-refractivity contribution in [3.8, 4) is 0 Å². The van der Waals surface area contributed by atoms with Crippen molar-refractivity contribution in [3.63, 3.8) is 0 Å². The maximum Gasteiger partial charge on any atom is 0.226 e. The zero-order valence-corrected chi connectivity index (χ0v) is 10.2. The minimum atomic E-state index is 0.113. The van der Waals surface area contributed by atoms with Gasteiger partial charge in [0, 0.05) is 32.6 Å². The SMILES string of the molecule is CC(N)Cc1nnc(N(C)C)n1C(C)C. The highest BCUT2D eigenvalue weighted by atomic mass is 15.4. The lowest BCUT2D eigenvalue weighted by Gasteiger charge is -2.18. The summed E-state index contributed by atoms with van der Waals surface area (Å²) in [6.07, 6.45) is 0.763. The fourth-order valence-corrected chi connectivity index (χ4v) is 1.58. The first kappa shape index (κ1) is 12.0. The molecule has 1 heterocycles. The van der Waals surface area contributed by atoms with Crippen LogP contribution in [0.25, 0.3) is 0 Å². The highest BCUT2D eigenvalue weighted by molar-refractivity contribution is 5.29. The van der Waals surface area contributed by atoms with E-state index >= 15 is 0 Å². The van der Waals surface area contributed by atoms with Crippen molar-refractivity contribution in [2.24, 2.45) is 5.73 Å². The first-order chi connectivity index (χ1) is 6.93. The van der Waals surface area contributed by atoms with Crippen molar-refractivity contribution in [1.29, 1.82) is 0 Å². The van der Waals surface area contributed by atoms with Gasteiger partial charge in [-0.3, -0.25) is 4.57 Å². The van der Waals surface area contributed by atoms with Crippen molar-refractivity contribution in [2.75, 3.05) is 19.0 Å². The summed E-state index contributed by atoms with van der Waals surface area (Å²) in [6.45, 7) is 6.23. The number of hydrogen-bond donors (Lipinski definition) is 1. The van der Waals surface area contributed by atoms with Crippen molar-refractivity contribution in [1.82, 2.24) is 14.8 Å². The van der Waals surface area contributed by atoms with E-state index in [4.69, 9.17) is 5.73 Å². The minimum absolute atomic E-state index is 0.113. The van der Waals surface area contributed by atoms with Crippen molar-refractivity contribution < 1.29 is 0 Å². The van der Waals surface area contributed by atoms with E-state index in [1.165, 1.54) is 0 Å². The number of aromatic nitrogens is 3. The molecule has 5 nitrogen and oxygen atoms in total. The molecule has 0 spiro atoms. The molecular formula is C10H21N5. The first-order valence-corrected chi connectivity index (χ1v) is 5.30. The highest BCUT2D eigenvalue weighted by Crippen LogP contribution is 2.18. The van der Waals surface area contributed by atoms with Crippen molar-refractivity contribution in [3.05, 3.63) is 5.82 Å². The number of hydrogen-bond acceptors (Lipinski definition) is 4. The smallest absolute Gasteiger partial charge is 0.226 e. The largest absolute Gasteiger partial charge is 0.347 e. The van der Waals surface area contributed by atoms with Crippen LogP contribution in [0.15, 0.2) is 0 Å². The summed E-state index contributed by atoms with van der Waals surface area (Å²) in [5.74, 6) is 1.85. The molecule has 2 N–H and O–H groups in total. The van der Waals surface area contributed by atoms with E-state index in [0.717, 1.165) is 18.2 Å². The van der Waals surface area contributed by atoms with Crippen LogP contribution in [0.2, 0.25) is 0 Å². The third-order valence-corrected chi connectivity index (χ3v) is 2.17. The van der Waals surface area contributed by atoms with Gasteiger partial charge in [-0.25, -0.2) is 0 Å². The average molecular weight is 211 g/mol. The Balaban J connectivity index is 3.06. The molecule has 1 unspecified atom stereocenters. The van der Waals surface area contributed by atoms with E-state index in [9.17, 15) is 0 Å². The van der Waals surface area contributed by atoms with Gasteiger partial charge in [0.05, 0.1) is 0 Å². The van der Waals surface area contributed by atoms with E-state index in [1.807, 2.05) is 25.9 Å². The molecule has 0 amide bonds. The van der Waals surface area contributed by atoms with Crippen LogP contribution < -0.4 is 10.6 Å². The third kappa shape index (κ3) is 2.68. The quantitative estimate of drug-likeness (QED) is 0.801. The summed E-state index contributed by atoms with van der Waals surface area (Å²) in [6, 6.07) is 0.466. The van der Waals surface area contributed by atoms with E-state index in [0.29, 0.717) is 6.04 Å². The lowest BCUT2D eigenvalue weighted by Crippen LogP contribution is -2.23. The average Bonchev–Trinajstić information content (AvgIpc) is 2.46. The molecular weight excluding hydrogens is 190 g/mol. The third-order valence-electron chi connectivity index (χ3n) is 2.17. The summed E-state index contributed by atoms with van der Waals surface area (Å²) in [7, 11) is 3.94. The fraction of sp³-hybridized carbons (Fsp3) is 0.800. The van der Waals surface area contributed by atoms with Gasteiger partial charge in [-0.2, -0.15) is 0 Å². The van der Waals surface area contributed by atoms with Gasteiger partial charge >= 0.3 is 0 Å². The van der Waals surface area contributed by atoms with Crippen LogP contribution in [0.4, 0.5) is 5.95 Å². The number of nitrogens with two attached hydrogens (primary N) is 1. The Morgan fingerprint density at radius 1 is 1.27 bits per heavy atom. The van der Waals surface area contributed by atoms with Crippen LogP contribution >= 0.6 is 0 Å². The van der Waals surface area contributed by atoms with Crippen LogP contribution in [0, 0.1) is 0 Å². The van der Waals surface area contributed by atoms with Gasteiger partial charge in [0.2, 0.25) is 5.95 Å². The fourth-order valence-electron chi connectivity index (χ4n) is 1.58. The predicted octanol–water partition coefficient (Wildman–Crippen LogP) is 0.815. The zero-order chi connectivity index (χ0) is 11.6. The molecule has 15 heavy (non-hydrogen) atoms. The maximum atomic E-state index is 5.78. The van der Waals surface area contributed by atoms with E-state index in [1.54, 1.807) is 0 Å². The Kier molecular flexibility index (Phi) is 3.68. The lowest BCUT2D eigenvalue weighted by atomic mass is 10.2. The summed E-state index contributed by atoms with van der Waals surface area (Å²) in [5.41, 5.74) is 5.78. The molecule has 0 saturated carbocycles. The Labute approximate surface area is 91.3 Å². The molecule has 1 aromatic rings. The monoisotopic (exact) mass is 211 g/mol. The molecule has 0 aliphatic carbocycles. The van der Waals surface area contributed by atoms with Crippen LogP contribution in [-0.4, -0.2) is 34.9 Å². The minimum Gasteiger partial charge on any atom is -0.347 e. The highest BCUT2D eigenvalue weighted by Gasteiger charge is 2.16. The van der Waals surface area contributed by atoms with Crippen molar-refractivity contribution >= 4 is 5.95 Å². The molecule has 5 heteroatoms. The Hall–Kier alpha value is -1.10. The van der Waals surface area contributed by atoms with Crippen molar-refractivity contribution in [2.45, 2.75) is 39.3 Å². The molecule has 0 saturated heterocycles. The molecule has 0 fully saturated rings. The van der Waals surface area contributed by atoms with Gasteiger partial charge in [0.25, 0.3) is 0 Å². The number of rotatable bonds is 4. The lowest BCUT2D eigenvalue weighted by molar-refractivity contribution is 0.550. The van der Waals surface area contributed by atoms with Crippen LogP contribution in [0.5, 0.6) is 0 Å². The normalized spacial score (nSPS) is 13.3. The first-order valence-electron chi connectivity index (χ1n) is 5.30. The summed E-state index contributed by atoms with van der Waals surface area (Å²) >= 11 is 0. The topological polar surface area (TPSA) is 60.0 Å². The molecule has 1 aromatic heterocycles. The predicted molar refractivity (Wildman–Crippen MR) is 62.1 cm³/mol.